The molecule has 0 aliphatic carbocycles. The van der Waals surface area contributed by atoms with Crippen LogP contribution in [0.15, 0.2) is 48.5 Å². The standard InChI is InChI=1S/C33H30N2O4/c1-17(2)14-15-35-32(38)25-12-9-22-20-7-6-19(16-36)27-24(31(37)34(5)18(3)4)11-8-21(28(20)27)23-10-13-26(33(35)39)30(25)29(22)23/h6-13,16-18H,14-15H2,1-5H3. The SMILES string of the molecule is CC(C)CCN1C(=O)c2ccc3c4ccc(C=O)c5c(C(=O)N(C)C(C)C)ccc(c6ccc(c2c36)C1=O)c54. The van der Waals surface area contributed by atoms with Gasteiger partial charge in [-0.15, -0.1) is 0 Å². The number of carbonyl (C=O) groups is 4. The fourth-order valence-electron chi connectivity index (χ4n) is 5.95. The van der Waals surface area contributed by atoms with Gasteiger partial charge >= 0.3 is 0 Å². The molecule has 5 aromatic rings. The van der Waals surface area contributed by atoms with E-state index in [1.807, 2.05) is 50.2 Å². The molecule has 3 amide bonds. The van der Waals surface area contributed by atoms with Gasteiger partial charge in [0.05, 0.1) is 0 Å². The van der Waals surface area contributed by atoms with Gasteiger partial charge in [-0.2, -0.15) is 0 Å². The van der Waals surface area contributed by atoms with Crippen molar-refractivity contribution >= 4 is 67.1 Å². The zero-order valence-electron chi connectivity index (χ0n) is 22.8. The van der Waals surface area contributed by atoms with Gasteiger partial charge < -0.3 is 4.90 Å². The van der Waals surface area contributed by atoms with Gasteiger partial charge in [-0.1, -0.05) is 44.2 Å². The zero-order valence-corrected chi connectivity index (χ0v) is 22.8. The molecule has 0 unspecified atom stereocenters. The van der Waals surface area contributed by atoms with Gasteiger partial charge in [0.2, 0.25) is 0 Å². The summed E-state index contributed by atoms with van der Waals surface area (Å²) in [6, 6.07) is 14.9. The van der Waals surface area contributed by atoms with Gasteiger partial charge in [-0.3, -0.25) is 24.1 Å². The van der Waals surface area contributed by atoms with Crippen molar-refractivity contribution in [2.24, 2.45) is 5.92 Å². The number of rotatable bonds is 6. The number of carbonyl (C=O) groups excluding carboxylic acids is 4. The molecule has 39 heavy (non-hydrogen) atoms. The lowest BCUT2D eigenvalue weighted by Gasteiger charge is -2.29. The fourth-order valence-corrected chi connectivity index (χ4v) is 5.95. The Labute approximate surface area is 226 Å². The highest BCUT2D eigenvalue weighted by atomic mass is 16.2. The first-order valence-corrected chi connectivity index (χ1v) is 13.4. The minimum atomic E-state index is -0.262. The van der Waals surface area contributed by atoms with E-state index < -0.39 is 0 Å². The molecule has 0 N–H and O–H groups in total. The monoisotopic (exact) mass is 518 g/mol. The molecule has 0 aromatic heterocycles. The van der Waals surface area contributed by atoms with E-state index in [-0.39, 0.29) is 23.8 Å². The quantitative estimate of drug-likeness (QED) is 0.109. The van der Waals surface area contributed by atoms with E-state index in [1.165, 1.54) is 4.90 Å². The van der Waals surface area contributed by atoms with Crippen LogP contribution in [0.1, 0.15) is 75.5 Å². The van der Waals surface area contributed by atoms with Crippen LogP contribution in [-0.2, 0) is 0 Å². The third-order valence-corrected chi connectivity index (χ3v) is 8.27. The van der Waals surface area contributed by atoms with Crippen molar-refractivity contribution in [1.29, 1.82) is 0 Å². The maximum Gasteiger partial charge on any atom is 0.261 e. The molecule has 0 radical (unpaired) electrons. The first-order valence-electron chi connectivity index (χ1n) is 13.4. The van der Waals surface area contributed by atoms with E-state index >= 15 is 0 Å². The summed E-state index contributed by atoms with van der Waals surface area (Å²) in [7, 11) is 1.76. The molecule has 196 valence electrons. The summed E-state index contributed by atoms with van der Waals surface area (Å²) in [6.45, 7) is 8.44. The Hall–Kier alpha value is -4.32. The second-order valence-corrected chi connectivity index (χ2v) is 11.3. The van der Waals surface area contributed by atoms with Crippen molar-refractivity contribution in [2.75, 3.05) is 13.6 Å². The van der Waals surface area contributed by atoms with Crippen LogP contribution in [0, 0.1) is 5.92 Å². The number of amides is 3. The molecule has 0 fully saturated rings. The fraction of sp³-hybridized carbons (Fsp3) is 0.273. The van der Waals surface area contributed by atoms with Crippen molar-refractivity contribution < 1.29 is 19.2 Å². The normalized spacial score (nSPS) is 13.7. The Balaban J connectivity index is 1.70. The highest BCUT2D eigenvalue weighted by Gasteiger charge is 2.34. The summed E-state index contributed by atoms with van der Waals surface area (Å²) in [5.41, 5.74) is 2.00. The minimum absolute atomic E-state index is 0.00460. The van der Waals surface area contributed by atoms with Gasteiger partial charge in [-0.05, 0) is 76.7 Å². The number of aldehydes is 1. The molecule has 1 aliphatic rings. The number of benzene rings is 5. The summed E-state index contributed by atoms with van der Waals surface area (Å²) in [5, 5.41) is 6.54. The van der Waals surface area contributed by atoms with Crippen LogP contribution in [-0.4, -0.2) is 53.4 Å². The number of fused-ring (bicyclic) bond motifs is 2. The Bertz CT molecular complexity index is 1800. The Morgan fingerprint density at radius 3 is 1.79 bits per heavy atom. The van der Waals surface area contributed by atoms with Gasteiger partial charge in [0, 0.05) is 52.7 Å². The summed E-state index contributed by atoms with van der Waals surface area (Å²) >= 11 is 0. The topological polar surface area (TPSA) is 74.8 Å². The van der Waals surface area contributed by atoms with Gasteiger partial charge in [0.1, 0.15) is 0 Å². The van der Waals surface area contributed by atoms with E-state index in [0.29, 0.717) is 45.5 Å². The molecular weight excluding hydrogens is 488 g/mol. The van der Waals surface area contributed by atoms with Crippen LogP contribution in [0.2, 0.25) is 0 Å². The van der Waals surface area contributed by atoms with Crippen LogP contribution in [0.4, 0.5) is 0 Å². The molecule has 0 saturated carbocycles. The van der Waals surface area contributed by atoms with Crippen molar-refractivity contribution in [3.05, 3.63) is 70.8 Å². The predicted octanol–water partition coefficient (Wildman–Crippen LogP) is 6.67. The van der Waals surface area contributed by atoms with E-state index in [0.717, 1.165) is 45.0 Å². The molecule has 1 heterocycles. The molecular formula is C33H30N2O4. The molecule has 0 saturated heterocycles. The number of hydrogen-bond acceptors (Lipinski definition) is 4. The van der Waals surface area contributed by atoms with Crippen LogP contribution >= 0.6 is 0 Å². The highest BCUT2D eigenvalue weighted by Crippen LogP contribution is 2.45. The molecule has 6 heteroatoms. The maximum atomic E-state index is 13.5. The summed E-state index contributed by atoms with van der Waals surface area (Å²) in [6.07, 6.45) is 1.54. The van der Waals surface area contributed by atoms with E-state index in [1.54, 1.807) is 24.1 Å². The van der Waals surface area contributed by atoms with Crippen LogP contribution < -0.4 is 0 Å². The van der Waals surface area contributed by atoms with E-state index in [4.69, 9.17) is 0 Å². The summed E-state index contributed by atoms with van der Waals surface area (Å²) in [5.74, 6) is -0.304. The Kier molecular flexibility index (Phi) is 5.68. The third-order valence-electron chi connectivity index (χ3n) is 8.27. The van der Waals surface area contributed by atoms with Gasteiger partial charge in [0.15, 0.2) is 6.29 Å². The molecule has 0 atom stereocenters. The average molecular weight is 519 g/mol. The van der Waals surface area contributed by atoms with Crippen LogP contribution in [0.5, 0.6) is 0 Å². The first kappa shape index (κ1) is 25.0. The minimum Gasteiger partial charge on any atom is -0.339 e. The molecule has 6 nitrogen and oxygen atoms in total. The largest absolute Gasteiger partial charge is 0.339 e. The number of hydrogen-bond donors (Lipinski definition) is 0. The van der Waals surface area contributed by atoms with Crippen molar-refractivity contribution in [3.8, 4) is 0 Å². The summed E-state index contributed by atoms with van der Waals surface area (Å²) < 4.78 is 0. The maximum absolute atomic E-state index is 13.5. The average Bonchev–Trinajstić information content (AvgIpc) is 2.93. The van der Waals surface area contributed by atoms with E-state index in [2.05, 4.69) is 13.8 Å². The molecule has 6 rings (SSSR count). The number of imide groups is 1. The van der Waals surface area contributed by atoms with Crippen molar-refractivity contribution in [3.63, 3.8) is 0 Å². The lowest BCUT2D eigenvalue weighted by molar-refractivity contribution is 0.0603. The summed E-state index contributed by atoms with van der Waals surface area (Å²) in [4.78, 5) is 55.8. The number of nitrogens with zero attached hydrogens (tertiary/aromatic N) is 2. The molecule has 1 aliphatic heterocycles. The second kappa shape index (κ2) is 8.87. The Morgan fingerprint density at radius 1 is 0.769 bits per heavy atom. The second-order valence-electron chi connectivity index (χ2n) is 11.3. The zero-order chi connectivity index (χ0) is 27.7. The third kappa shape index (κ3) is 3.47. The van der Waals surface area contributed by atoms with Crippen LogP contribution in [0.3, 0.4) is 0 Å². The first-order chi connectivity index (χ1) is 18.6. The van der Waals surface area contributed by atoms with Gasteiger partial charge in [0.25, 0.3) is 17.7 Å². The molecule has 0 spiro atoms. The highest BCUT2D eigenvalue weighted by molar-refractivity contribution is 6.39. The lowest BCUT2D eigenvalue weighted by atomic mass is 9.83. The van der Waals surface area contributed by atoms with Crippen LogP contribution in [0.25, 0.3) is 43.1 Å². The van der Waals surface area contributed by atoms with E-state index in [9.17, 15) is 19.2 Å². The molecule has 5 aromatic carbocycles. The van der Waals surface area contributed by atoms with Crippen molar-refractivity contribution in [1.82, 2.24) is 9.80 Å². The Morgan fingerprint density at radius 2 is 1.28 bits per heavy atom. The molecule has 0 bridgehead atoms. The lowest BCUT2D eigenvalue weighted by Crippen LogP contribution is -2.41. The smallest absolute Gasteiger partial charge is 0.261 e. The predicted molar refractivity (Wildman–Crippen MR) is 155 cm³/mol. The van der Waals surface area contributed by atoms with Crippen molar-refractivity contribution in [2.45, 2.75) is 40.2 Å². The van der Waals surface area contributed by atoms with Gasteiger partial charge in [-0.25, -0.2) is 0 Å².